The van der Waals surface area contributed by atoms with Crippen LogP contribution in [0, 0.1) is 0 Å². The molecule has 0 saturated carbocycles. The Bertz CT molecular complexity index is 477. The van der Waals surface area contributed by atoms with Crippen molar-refractivity contribution in [3.05, 3.63) is 0 Å². The highest BCUT2D eigenvalue weighted by Gasteiger charge is 2.42. The van der Waals surface area contributed by atoms with Gasteiger partial charge in [-0.1, -0.05) is 0 Å². The number of nitrogens with one attached hydrogen (secondary N) is 1. The van der Waals surface area contributed by atoms with Crippen molar-refractivity contribution in [3.8, 4) is 0 Å². The van der Waals surface area contributed by atoms with Gasteiger partial charge in [-0.15, -0.1) is 0 Å². The van der Waals surface area contributed by atoms with Gasteiger partial charge in [0, 0.05) is 61.9 Å². The Morgan fingerprint density at radius 1 is 0.852 bits per heavy atom. The number of alkyl halides is 3. The number of rotatable bonds is 4. The molecule has 4 nitrogen and oxygen atoms in total. The van der Waals surface area contributed by atoms with E-state index < -0.39 is 12.7 Å². The summed E-state index contributed by atoms with van der Waals surface area (Å²) in [5, 5.41) is 3.54. The molecule has 1 N–H and O–H groups in total. The molecule has 3 unspecified atom stereocenters. The van der Waals surface area contributed by atoms with E-state index in [0.717, 1.165) is 19.5 Å². The van der Waals surface area contributed by atoms with Gasteiger partial charge in [0.25, 0.3) is 0 Å². The Labute approximate surface area is 163 Å². The summed E-state index contributed by atoms with van der Waals surface area (Å²) in [4.78, 5) is 6.46. The van der Waals surface area contributed by atoms with E-state index in [1.807, 2.05) is 0 Å². The van der Waals surface area contributed by atoms with Crippen LogP contribution in [-0.2, 0) is 0 Å². The molecule has 2 saturated heterocycles. The maximum Gasteiger partial charge on any atom is 0.401 e. The maximum absolute atomic E-state index is 13.2. The van der Waals surface area contributed by atoms with Gasteiger partial charge in [-0.25, -0.2) is 0 Å². The van der Waals surface area contributed by atoms with Crippen molar-refractivity contribution in [2.24, 2.45) is 0 Å². The lowest BCUT2D eigenvalue weighted by Crippen LogP contribution is -2.64. The molecule has 2 heterocycles. The highest BCUT2D eigenvalue weighted by molar-refractivity contribution is 4.97. The van der Waals surface area contributed by atoms with E-state index in [2.05, 4.69) is 63.6 Å². The largest absolute Gasteiger partial charge is 0.401 e. The average Bonchev–Trinajstić information content (AvgIpc) is 2.45. The number of hydrogen-bond donors (Lipinski definition) is 1. The summed E-state index contributed by atoms with van der Waals surface area (Å²) in [6.07, 6.45) is -3.40. The molecular weight excluding hydrogens is 353 g/mol. The first-order valence-electron chi connectivity index (χ1n) is 10.2. The van der Waals surface area contributed by atoms with Crippen LogP contribution in [0.2, 0.25) is 0 Å². The highest BCUT2D eigenvalue weighted by atomic mass is 19.4. The van der Waals surface area contributed by atoms with Gasteiger partial charge in [0.15, 0.2) is 0 Å². The lowest BCUT2D eigenvalue weighted by Gasteiger charge is -2.51. The number of hydrogen-bond acceptors (Lipinski definition) is 4. The van der Waals surface area contributed by atoms with Crippen LogP contribution in [-0.4, -0.2) is 89.3 Å². The fourth-order valence-electron chi connectivity index (χ4n) is 4.66. The molecule has 0 radical (unpaired) electrons. The highest BCUT2D eigenvalue weighted by Crippen LogP contribution is 2.31. The molecule has 7 heteroatoms. The number of nitrogens with zero attached hydrogens (tertiary/aromatic N) is 3. The third-order valence-electron chi connectivity index (χ3n) is 6.08. The number of halogens is 3. The SMILES string of the molecule is CC1CN(C(C)(C)CC2CN(C(C)(C)C)CCN2CC(F)(F)F)CC(C)N1. The molecule has 0 amide bonds. The van der Waals surface area contributed by atoms with E-state index in [1.54, 1.807) is 4.90 Å². The van der Waals surface area contributed by atoms with Crippen LogP contribution in [0.25, 0.3) is 0 Å². The van der Waals surface area contributed by atoms with E-state index >= 15 is 0 Å². The summed E-state index contributed by atoms with van der Waals surface area (Å²) in [6, 6.07) is 0.712. The zero-order valence-electron chi connectivity index (χ0n) is 18.2. The lowest BCUT2D eigenvalue weighted by molar-refractivity contribution is -0.160. The van der Waals surface area contributed by atoms with E-state index in [0.29, 0.717) is 31.7 Å². The smallest absolute Gasteiger partial charge is 0.309 e. The van der Waals surface area contributed by atoms with E-state index in [-0.39, 0.29) is 17.1 Å². The van der Waals surface area contributed by atoms with Crippen LogP contribution < -0.4 is 5.32 Å². The Morgan fingerprint density at radius 3 is 1.89 bits per heavy atom. The molecular formula is C20H39F3N4. The lowest BCUT2D eigenvalue weighted by atomic mass is 9.88. The molecule has 0 aromatic carbocycles. The normalized spacial score (nSPS) is 30.7. The van der Waals surface area contributed by atoms with Crippen molar-refractivity contribution in [3.63, 3.8) is 0 Å². The van der Waals surface area contributed by atoms with Crippen LogP contribution >= 0.6 is 0 Å². The molecule has 0 aromatic heterocycles. The molecule has 27 heavy (non-hydrogen) atoms. The first-order chi connectivity index (χ1) is 12.2. The van der Waals surface area contributed by atoms with Crippen molar-refractivity contribution >= 4 is 0 Å². The Morgan fingerprint density at radius 2 is 1.41 bits per heavy atom. The van der Waals surface area contributed by atoms with Gasteiger partial charge in [-0.05, 0) is 54.9 Å². The molecule has 2 fully saturated rings. The van der Waals surface area contributed by atoms with Crippen LogP contribution in [0.15, 0.2) is 0 Å². The number of piperazine rings is 2. The second kappa shape index (κ2) is 8.17. The van der Waals surface area contributed by atoms with Crippen LogP contribution in [0.5, 0.6) is 0 Å². The summed E-state index contributed by atoms with van der Waals surface area (Å²) in [6.45, 7) is 18.1. The minimum atomic E-state index is -4.15. The molecule has 3 atom stereocenters. The second-order valence-electron chi connectivity index (χ2n) is 10.2. The molecule has 2 aliphatic heterocycles. The molecule has 2 rings (SSSR count). The van der Waals surface area contributed by atoms with Crippen LogP contribution in [0.4, 0.5) is 13.2 Å². The molecule has 0 aliphatic carbocycles. The zero-order chi connectivity index (χ0) is 20.6. The van der Waals surface area contributed by atoms with Crippen LogP contribution in [0.3, 0.4) is 0 Å². The van der Waals surface area contributed by atoms with Crippen molar-refractivity contribution in [1.29, 1.82) is 0 Å². The van der Waals surface area contributed by atoms with Gasteiger partial charge in [0.2, 0.25) is 0 Å². The summed E-state index contributed by atoms with van der Waals surface area (Å²) in [5.74, 6) is 0. The van der Waals surface area contributed by atoms with Crippen molar-refractivity contribution in [2.45, 2.75) is 90.3 Å². The predicted octanol–water partition coefficient (Wildman–Crippen LogP) is 3.18. The topological polar surface area (TPSA) is 21.8 Å². The molecule has 2 aliphatic rings. The molecule has 0 bridgehead atoms. The monoisotopic (exact) mass is 392 g/mol. The van der Waals surface area contributed by atoms with Crippen molar-refractivity contribution in [2.75, 3.05) is 39.3 Å². The second-order valence-corrected chi connectivity index (χ2v) is 10.2. The summed E-state index contributed by atoms with van der Waals surface area (Å²) < 4.78 is 39.5. The van der Waals surface area contributed by atoms with E-state index in [1.165, 1.54) is 0 Å². The Kier molecular flexibility index (Phi) is 6.93. The van der Waals surface area contributed by atoms with Gasteiger partial charge >= 0.3 is 6.18 Å². The van der Waals surface area contributed by atoms with Gasteiger partial charge in [0.05, 0.1) is 6.54 Å². The minimum Gasteiger partial charge on any atom is -0.309 e. The zero-order valence-corrected chi connectivity index (χ0v) is 18.2. The average molecular weight is 393 g/mol. The Balaban J connectivity index is 2.15. The fourth-order valence-corrected chi connectivity index (χ4v) is 4.66. The standard InChI is InChI=1S/C20H39F3N4/c1-15-11-27(12-16(2)24-15)19(6,7)10-17-13-26(18(3,4)5)9-8-25(17)14-20(21,22)23/h15-17,24H,8-14H2,1-7H3. The van der Waals surface area contributed by atoms with Crippen LogP contribution in [0.1, 0.15) is 54.9 Å². The van der Waals surface area contributed by atoms with Gasteiger partial charge in [-0.3, -0.25) is 14.7 Å². The summed E-state index contributed by atoms with van der Waals surface area (Å²) in [5.41, 5.74) is -0.162. The Hall–Kier alpha value is -0.370. The molecule has 160 valence electrons. The van der Waals surface area contributed by atoms with Gasteiger partial charge < -0.3 is 5.32 Å². The summed E-state index contributed by atoms with van der Waals surface area (Å²) >= 11 is 0. The summed E-state index contributed by atoms with van der Waals surface area (Å²) in [7, 11) is 0. The van der Waals surface area contributed by atoms with E-state index in [4.69, 9.17) is 0 Å². The third kappa shape index (κ3) is 6.58. The predicted molar refractivity (Wildman–Crippen MR) is 105 cm³/mol. The fraction of sp³-hybridized carbons (Fsp3) is 1.00. The van der Waals surface area contributed by atoms with Gasteiger partial charge in [-0.2, -0.15) is 13.2 Å². The first-order valence-corrected chi connectivity index (χ1v) is 10.2. The first kappa shape index (κ1) is 22.9. The minimum absolute atomic E-state index is 0.0230. The van der Waals surface area contributed by atoms with Gasteiger partial charge in [0.1, 0.15) is 0 Å². The molecule has 0 spiro atoms. The van der Waals surface area contributed by atoms with Crippen molar-refractivity contribution in [1.82, 2.24) is 20.0 Å². The third-order valence-corrected chi connectivity index (χ3v) is 6.08. The van der Waals surface area contributed by atoms with E-state index in [9.17, 15) is 13.2 Å². The molecule has 0 aromatic rings. The quantitative estimate of drug-likeness (QED) is 0.793. The van der Waals surface area contributed by atoms with Crippen molar-refractivity contribution < 1.29 is 13.2 Å². The maximum atomic E-state index is 13.2.